The molecule has 0 aliphatic carbocycles. The van der Waals surface area contributed by atoms with E-state index in [-0.39, 0.29) is 0 Å². The zero-order valence-electron chi connectivity index (χ0n) is 9.46. The zero-order chi connectivity index (χ0) is 13.0. The maximum Gasteiger partial charge on any atom is 0.320 e. The minimum atomic E-state index is -0.919. The molecule has 1 atom stereocenters. The summed E-state index contributed by atoms with van der Waals surface area (Å²) in [5.74, 6) is -0.418. The van der Waals surface area contributed by atoms with E-state index in [1.165, 1.54) is 7.11 Å². The Morgan fingerprint density at radius 3 is 2.71 bits per heavy atom. The van der Waals surface area contributed by atoms with Crippen LogP contribution in [0.15, 0.2) is 12.1 Å². The molecule has 0 heterocycles. The monoisotopic (exact) mass is 277 g/mol. The lowest BCUT2D eigenvalue weighted by Gasteiger charge is -2.13. The first-order valence-corrected chi connectivity index (χ1v) is 5.69. The van der Waals surface area contributed by atoms with Gasteiger partial charge in [-0.25, -0.2) is 0 Å². The predicted octanol–water partition coefficient (Wildman–Crippen LogP) is 2.56. The molecular formula is C11H13Cl2NO3. The molecule has 17 heavy (non-hydrogen) atoms. The van der Waals surface area contributed by atoms with E-state index < -0.39 is 12.0 Å². The molecular weight excluding hydrogens is 265 g/mol. The maximum absolute atomic E-state index is 10.7. The zero-order valence-corrected chi connectivity index (χ0v) is 11.0. The average molecular weight is 278 g/mol. The highest BCUT2D eigenvalue weighted by Gasteiger charge is 2.13. The van der Waals surface area contributed by atoms with Crippen LogP contribution in [0.25, 0.3) is 0 Å². The van der Waals surface area contributed by atoms with Gasteiger partial charge in [0, 0.05) is 17.1 Å². The van der Waals surface area contributed by atoms with E-state index >= 15 is 0 Å². The van der Waals surface area contributed by atoms with Crippen LogP contribution in [0, 0.1) is 0 Å². The third-order valence-corrected chi connectivity index (χ3v) is 2.76. The van der Waals surface area contributed by atoms with Gasteiger partial charge in [0.2, 0.25) is 0 Å². The fraction of sp³-hybridized carbons (Fsp3) is 0.364. The van der Waals surface area contributed by atoms with Crippen LogP contribution >= 0.6 is 23.2 Å². The lowest BCUT2D eigenvalue weighted by Crippen LogP contribution is -2.33. The van der Waals surface area contributed by atoms with Gasteiger partial charge in [-0.3, -0.25) is 4.79 Å². The molecule has 6 heteroatoms. The van der Waals surface area contributed by atoms with Crippen molar-refractivity contribution < 1.29 is 14.6 Å². The Balaban J connectivity index is 2.86. The van der Waals surface area contributed by atoms with Crippen molar-refractivity contribution in [2.45, 2.75) is 19.5 Å². The normalized spacial score (nSPS) is 12.2. The number of carbonyl (C=O) groups is 1. The third kappa shape index (κ3) is 3.77. The SMILES string of the molecule is COc1c(Cl)cc(Cl)cc1CN[C@H](C)C(=O)O. The Hall–Kier alpha value is -0.970. The number of aliphatic carboxylic acids is 1. The molecule has 0 saturated carbocycles. The van der Waals surface area contributed by atoms with Gasteiger partial charge in [0.25, 0.3) is 0 Å². The van der Waals surface area contributed by atoms with E-state index in [9.17, 15) is 4.79 Å². The van der Waals surface area contributed by atoms with Crippen molar-refractivity contribution in [1.82, 2.24) is 5.32 Å². The van der Waals surface area contributed by atoms with E-state index in [4.69, 9.17) is 33.0 Å². The van der Waals surface area contributed by atoms with Crippen molar-refractivity contribution >= 4 is 29.2 Å². The molecule has 0 bridgehead atoms. The maximum atomic E-state index is 10.7. The van der Waals surface area contributed by atoms with Gasteiger partial charge < -0.3 is 15.2 Å². The molecule has 0 radical (unpaired) electrons. The minimum Gasteiger partial charge on any atom is -0.495 e. The van der Waals surface area contributed by atoms with Gasteiger partial charge in [-0.2, -0.15) is 0 Å². The number of methoxy groups -OCH3 is 1. The summed E-state index contributed by atoms with van der Waals surface area (Å²) in [4.78, 5) is 10.7. The number of hydrogen-bond donors (Lipinski definition) is 2. The van der Waals surface area contributed by atoms with Crippen molar-refractivity contribution in [3.63, 3.8) is 0 Å². The van der Waals surface area contributed by atoms with E-state index in [1.54, 1.807) is 19.1 Å². The van der Waals surface area contributed by atoms with Crippen LogP contribution in [0.5, 0.6) is 5.75 Å². The topological polar surface area (TPSA) is 58.6 Å². The van der Waals surface area contributed by atoms with Crippen LogP contribution in [0.4, 0.5) is 0 Å². The van der Waals surface area contributed by atoms with Crippen molar-refractivity contribution in [2.75, 3.05) is 7.11 Å². The van der Waals surface area contributed by atoms with Gasteiger partial charge >= 0.3 is 5.97 Å². The van der Waals surface area contributed by atoms with Crippen LogP contribution < -0.4 is 10.1 Å². The molecule has 0 amide bonds. The van der Waals surface area contributed by atoms with E-state index in [2.05, 4.69) is 5.32 Å². The largest absolute Gasteiger partial charge is 0.495 e. The summed E-state index contributed by atoms with van der Waals surface area (Å²) in [5, 5.41) is 12.5. The fourth-order valence-electron chi connectivity index (χ4n) is 1.32. The molecule has 2 N–H and O–H groups in total. The molecule has 0 saturated heterocycles. The lowest BCUT2D eigenvalue weighted by atomic mass is 10.2. The van der Waals surface area contributed by atoms with E-state index in [1.807, 2.05) is 0 Å². The number of hydrogen-bond acceptors (Lipinski definition) is 3. The molecule has 1 rings (SSSR count). The summed E-state index contributed by atoms with van der Waals surface area (Å²) >= 11 is 11.8. The highest BCUT2D eigenvalue weighted by atomic mass is 35.5. The van der Waals surface area contributed by atoms with Gasteiger partial charge in [0.1, 0.15) is 11.8 Å². The van der Waals surface area contributed by atoms with Gasteiger partial charge in [-0.15, -0.1) is 0 Å². The number of nitrogens with one attached hydrogen (secondary N) is 1. The molecule has 0 fully saturated rings. The van der Waals surface area contributed by atoms with Crippen molar-refractivity contribution in [2.24, 2.45) is 0 Å². The average Bonchev–Trinajstić information content (AvgIpc) is 2.24. The number of halogens is 2. The number of ether oxygens (including phenoxy) is 1. The summed E-state index contributed by atoms with van der Waals surface area (Å²) in [7, 11) is 1.50. The second-order valence-corrected chi connectivity index (χ2v) is 4.36. The van der Waals surface area contributed by atoms with Crippen LogP contribution in [-0.4, -0.2) is 24.2 Å². The molecule has 0 unspecified atom stereocenters. The van der Waals surface area contributed by atoms with Crippen molar-refractivity contribution in [3.8, 4) is 5.75 Å². The summed E-state index contributed by atoms with van der Waals surface area (Å²) in [6.45, 7) is 1.87. The number of rotatable bonds is 5. The number of benzene rings is 1. The lowest BCUT2D eigenvalue weighted by molar-refractivity contribution is -0.139. The summed E-state index contributed by atoms with van der Waals surface area (Å²) < 4.78 is 5.15. The van der Waals surface area contributed by atoms with E-state index in [0.29, 0.717) is 22.3 Å². The second-order valence-electron chi connectivity index (χ2n) is 3.52. The third-order valence-electron chi connectivity index (χ3n) is 2.26. The number of carboxylic acid groups (broad SMARTS) is 1. The molecule has 0 aromatic heterocycles. The van der Waals surface area contributed by atoms with Crippen LogP contribution in [-0.2, 0) is 11.3 Å². The fourth-order valence-corrected chi connectivity index (χ4v) is 1.94. The standard InChI is InChI=1S/C11H13Cl2NO3/c1-6(11(15)16)14-5-7-3-8(12)4-9(13)10(7)17-2/h3-4,6,14H,5H2,1-2H3,(H,15,16)/t6-/m1/s1. The van der Waals surface area contributed by atoms with E-state index in [0.717, 1.165) is 5.56 Å². The second kappa shape index (κ2) is 6.10. The first kappa shape index (κ1) is 14.1. The van der Waals surface area contributed by atoms with Crippen molar-refractivity contribution in [3.05, 3.63) is 27.7 Å². The van der Waals surface area contributed by atoms with Gasteiger partial charge in [-0.05, 0) is 19.1 Å². The summed E-state index contributed by atoms with van der Waals surface area (Å²) in [6, 6.07) is 2.61. The number of carboxylic acids is 1. The minimum absolute atomic E-state index is 0.316. The molecule has 0 aliphatic heterocycles. The quantitative estimate of drug-likeness (QED) is 0.869. The Morgan fingerprint density at radius 1 is 1.53 bits per heavy atom. The summed E-state index contributed by atoms with van der Waals surface area (Å²) in [5.41, 5.74) is 0.720. The molecule has 4 nitrogen and oxygen atoms in total. The van der Waals surface area contributed by atoms with Crippen molar-refractivity contribution in [1.29, 1.82) is 0 Å². The predicted molar refractivity (Wildman–Crippen MR) is 67.0 cm³/mol. The molecule has 0 spiro atoms. The Morgan fingerprint density at radius 2 is 2.18 bits per heavy atom. The molecule has 0 aliphatic rings. The Labute approximate surface area is 109 Å². The van der Waals surface area contributed by atoms with Gasteiger partial charge in [0.15, 0.2) is 0 Å². The first-order valence-electron chi connectivity index (χ1n) is 4.93. The van der Waals surface area contributed by atoms with Crippen LogP contribution in [0.1, 0.15) is 12.5 Å². The molecule has 1 aromatic rings. The van der Waals surface area contributed by atoms with Crippen LogP contribution in [0.2, 0.25) is 10.0 Å². The van der Waals surface area contributed by atoms with Gasteiger partial charge in [0.05, 0.1) is 12.1 Å². The first-order chi connectivity index (χ1) is 7.95. The van der Waals surface area contributed by atoms with Gasteiger partial charge in [-0.1, -0.05) is 23.2 Å². The van der Waals surface area contributed by atoms with Crippen LogP contribution in [0.3, 0.4) is 0 Å². The highest BCUT2D eigenvalue weighted by Crippen LogP contribution is 2.32. The smallest absolute Gasteiger partial charge is 0.320 e. The molecule has 1 aromatic carbocycles. The Kier molecular flexibility index (Phi) is 5.05. The molecule has 94 valence electrons. The highest BCUT2D eigenvalue weighted by molar-refractivity contribution is 6.35. The summed E-state index contributed by atoms with van der Waals surface area (Å²) in [6.07, 6.45) is 0. The Bertz CT molecular complexity index is 423.